The summed E-state index contributed by atoms with van der Waals surface area (Å²) in [6.07, 6.45) is 1.40. The predicted molar refractivity (Wildman–Crippen MR) is 155 cm³/mol. The topological polar surface area (TPSA) is 93.4 Å². The van der Waals surface area contributed by atoms with E-state index in [9.17, 15) is 14.4 Å². The minimum Gasteiger partial charge on any atom is -0.497 e. The number of carbonyl (C=O) groups excluding carboxylic acids is 2. The first-order valence-corrected chi connectivity index (χ1v) is 13.8. The smallest absolute Gasteiger partial charge is 0.311 e. The van der Waals surface area contributed by atoms with Crippen LogP contribution >= 0.6 is 23.1 Å². The Kier molecular flexibility index (Phi) is 7.45. The van der Waals surface area contributed by atoms with Gasteiger partial charge in [0.2, 0.25) is 0 Å². The highest BCUT2D eigenvalue weighted by Crippen LogP contribution is 2.46. The molecule has 5 rings (SSSR count). The molecule has 200 valence electrons. The maximum atomic E-state index is 13.8. The molecule has 0 aliphatic carbocycles. The van der Waals surface area contributed by atoms with E-state index in [1.165, 1.54) is 32.7 Å². The van der Waals surface area contributed by atoms with E-state index in [0.717, 1.165) is 15.6 Å². The Bertz CT molecular complexity index is 1690. The third kappa shape index (κ3) is 4.79. The lowest BCUT2D eigenvalue weighted by Gasteiger charge is -2.13. The molecule has 0 atom stereocenters. The normalized spacial score (nSPS) is 17.3. The van der Waals surface area contributed by atoms with E-state index in [1.54, 1.807) is 44.4 Å². The summed E-state index contributed by atoms with van der Waals surface area (Å²) in [7, 11) is 3.50. The van der Waals surface area contributed by atoms with Gasteiger partial charge in [0.15, 0.2) is 0 Å². The molecule has 2 aromatic carbocycles. The van der Waals surface area contributed by atoms with E-state index in [2.05, 4.69) is 11.7 Å². The van der Waals surface area contributed by atoms with Gasteiger partial charge in [0.05, 0.1) is 42.8 Å². The number of anilines is 2. The Hall–Kier alpha value is -4.09. The number of thiazole rings is 1. The van der Waals surface area contributed by atoms with Crippen LogP contribution < -0.4 is 29.4 Å². The average molecular weight is 563 g/mol. The second kappa shape index (κ2) is 11.0. The van der Waals surface area contributed by atoms with Crippen LogP contribution in [0.3, 0.4) is 0 Å². The standard InChI is InChI=1S/C28H26N4O5S2/c1-5-14-31-26(35)24(28-30(3)20-15-18(36-4)12-13-21(20)38-28)39-27(31)23-19(16-22(33)37-6-2)29-32(25(23)34)17-10-8-7-9-11-17/h5,7-13,15H,1,6,14,16H2,2-4H3. The number of hydrogen-bond donors (Lipinski definition) is 0. The van der Waals surface area contributed by atoms with Crippen LogP contribution in [-0.2, 0) is 20.9 Å². The van der Waals surface area contributed by atoms with E-state index in [1.807, 2.05) is 36.2 Å². The van der Waals surface area contributed by atoms with Gasteiger partial charge in [-0.3, -0.25) is 19.0 Å². The first kappa shape index (κ1) is 26.5. The molecule has 39 heavy (non-hydrogen) atoms. The minimum absolute atomic E-state index is 0.182. The number of para-hydroxylation sites is 1. The molecule has 2 aliphatic rings. The van der Waals surface area contributed by atoms with Gasteiger partial charge in [-0.05, 0) is 31.2 Å². The quantitative estimate of drug-likeness (QED) is 0.323. The lowest BCUT2D eigenvalue weighted by Crippen LogP contribution is -2.35. The number of thioether (sulfide) groups is 1. The molecule has 3 heterocycles. The second-order valence-electron chi connectivity index (χ2n) is 8.60. The summed E-state index contributed by atoms with van der Waals surface area (Å²) >= 11 is 2.68. The van der Waals surface area contributed by atoms with Crippen LogP contribution in [0.5, 0.6) is 5.75 Å². The van der Waals surface area contributed by atoms with Crippen molar-refractivity contribution in [2.75, 3.05) is 30.7 Å². The zero-order chi connectivity index (χ0) is 27.7. The van der Waals surface area contributed by atoms with E-state index < -0.39 is 11.9 Å². The third-order valence-electron chi connectivity index (χ3n) is 6.18. The van der Waals surface area contributed by atoms with Gasteiger partial charge in [0.25, 0.3) is 11.5 Å². The van der Waals surface area contributed by atoms with Crippen LogP contribution in [0.2, 0.25) is 0 Å². The van der Waals surface area contributed by atoms with Gasteiger partial charge in [0, 0.05) is 24.6 Å². The fourth-order valence-electron chi connectivity index (χ4n) is 4.36. The summed E-state index contributed by atoms with van der Waals surface area (Å²) in [5.41, 5.74) is 1.67. The number of esters is 1. The third-order valence-corrected chi connectivity index (χ3v) is 8.73. The second-order valence-corrected chi connectivity index (χ2v) is 10.6. The molecule has 11 heteroatoms. The molecule has 0 bridgehead atoms. The molecule has 3 aromatic rings. The summed E-state index contributed by atoms with van der Waals surface area (Å²) in [6.45, 7) is 5.91. The molecule has 0 saturated heterocycles. The van der Waals surface area contributed by atoms with Gasteiger partial charge in [-0.25, -0.2) is 0 Å². The van der Waals surface area contributed by atoms with E-state index in [-0.39, 0.29) is 36.4 Å². The van der Waals surface area contributed by atoms with Crippen molar-refractivity contribution in [2.45, 2.75) is 24.8 Å². The minimum atomic E-state index is -0.504. The van der Waals surface area contributed by atoms with Crippen molar-refractivity contribution in [3.63, 3.8) is 0 Å². The van der Waals surface area contributed by atoms with Crippen molar-refractivity contribution >= 4 is 62.7 Å². The Balaban J connectivity index is 1.74. The van der Waals surface area contributed by atoms with E-state index in [4.69, 9.17) is 9.47 Å². The number of ether oxygens (including phenoxy) is 2. The molecule has 0 spiro atoms. The molecular formula is C28H26N4O5S2. The predicted octanol–water partition coefficient (Wildman–Crippen LogP) is 2.92. The molecular weight excluding hydrogens is 536 g/mol. The average Bonchev–Trinajstić information content (AvgIpc) is 3.55. The molecule has 0 saturated carbocycles. The van der Waals surface area contributed by atoms with Crippen molar-refractivity contribution in [1.82, 2.24) is 4.57 Å². The number of amides is 1. The molecule has 2 aliphatic heterocycles. The van der Waals surface area contributed by atoms with Crippen molar-refractivity contribution < 1.29 is 19.1 Å². The summed E-state index contributed by atoms with van der Waals surface area (Å²) in [5.74, 6) is -0.210. The molecule has 0 unspecified atom stereocenters. The molecule has 0 fully saturated rings. The molecule has 9 nitrogen and oxygen atoms in total. The van der Waals surface area contributed by atoms with Crippen LogP contribution in [0.1, 0.15) is 13.3 Å². The van der Waals surface area contributed by atoms with Crippen LogP contribution in [-0.4, -0.2) is 42.9 Å². The maximum absolute atomic E-state index is 13.8. The van der Waals surface area contributed by atoms with Crippen LogP contribution in [0, 0.1) is 0 Å². The number of allylic oxidation sites excluding steroid dienone is 1. The monoisotopic (exact) mass is 562 g/mol. The number of benzene rings is 2. The highest BCUT2D eigenvalue weighted by Gasteiger charge is 2.35. The molecule has 1 amide bonds. The number of carbonyl (C=O) groups is 2. The SMILES string of the molecule is C=CCn1c(=C2C(=O)N(c3ccccc3)N=C2CC(=O)OCC)sc(=C2Sc3ccc(OC)cc3N2C)c1=O. The Morgan fingerprint density at radius 3 is 2.62 bits per heavy atom. The summed E-state index contributed by atoms with van der Waals surface area (Å²) in [5, 5.41) is 6.52. The van der Waals surface area contributed by atoms with Crippen molar-refractivity contribution in [3.05, 3.63) is 80.7 Å². The van der Waals surface area contributed by atoms with Crippen LogP contribution in [0.4, 0.5) is 11.4 Å². The van der Waals surface area contributed by atoms with Gasteiger partial charge < -0.3 is 14.4 Å². The summed E-state index contributed by atoms with van der Waals surface area (Å²) in [4.78, 5) is 43.0. The fraction of sp³-hybridized carbons (Fsp3) is 0.214. The van der Waals surface area contributed by atoms with Gasteiger partial charge in [-0.2, -0.15) is 10.1 Å². The van der Waals surface area contributed by atoms with Gasteiger partial charge in [-0.1, -0.05) is 36.0 Å². The van der Waals surface area contributed by atoms with Gasteiger partial charge in [0.1, 0.15) is 20.0 Å². The van der Waals surface area contributed by atoms with Crippen molar-refractivity contribution in [3.8, 4) is 5.75 Å². The number of nitrogens with zero attached hydrogens (tertiary/aromatic N) is 4. The first-order valence-electron chi connectivity index (χ1n) is 12.2. The van der Waals surface area contributed by atoms with Crippen LogP contribution in [0.25, 0.3) is 10.6 Å². The van der Waals surface area contributed by atoms with Crippen molar-refractivity contribution in [2.24, 2.45) is 5.10 Å². The first-order chi connectivity index (χ1) is 18.9. The lowest BCUT2D eigenvalue weighted by molar-refractivity contribution is -0.141. The molecule has 0 N–H and O–H groups in total. The van der Waals surface area contributed by atoms with Gasteiger partial charge in [-0.15, -0.1) is 17.9 Å². The lowest BCUT2D eigenvalue weighted by atomic mass is 10.1. The van der Waals surface area contributed by atoms with Crippen LogP contribution in [0.15, 0.2) is 76.0 Å². The van der Waals surface area contributed by atoms with Gasteiger partial charge >= 0.3 is 5.97 Å². The Labute approximate surface area is 232 Å². The number of hydrazone groups is 1. The van der Waals surface area contributed by atoms with Crippen molar-refractivity contribution in [1.29, 1.82) is 0 Å². The zero-order valence-electron chi connectivity index (χ0n) is 21.7. The molecule has 1 aromatic heterocycles. The fourth-order valence-corrected chi connectivity index (χ4v) is 6.86. The Morgan fingerprint density at radius 2 is 1.92 bits per heavy atom. The molecule has 0 radical (unpaired) electrons. The zero-order valence-corrected chi connectivity index (χ0v) is 23.3. The maximum Gasteiger partial charge on any atom is 0.311 e. The van der Waals surface area contributed by atoms with E-state index in [0.29, 0.717) is 20.6 Å². The van der Waals surface area contributed by atoms with E-state index >= 15 is 0 Å². The highest BCUT2D eigenvalue weighted by molar-refractivity contribution is 8.08. The summed E-state index contributed by atoms with van der Waals surface area (Å²) < 4.78 is 12.9. The number of aromatic nitrogens is 1. The highest BCUT2D eigenvalue weighted by atomic mass is 32.2. The number of rotatable bonds is 7. The number of fused-ring (bicyclic) bond motifs is 1. The Morgan fingerprint density at radius 1 is 1.15 bits per heavy atom. The largest absolute Gasteiger partial charge is 0.497 e. The number of hydrogen-bond acceptors (Lipinski definition) is 9. The number of methoxy groups -OCH3 is 1. The summed E-state index contributed by atoms with van der Waals surface area (Å²) in [6, 6.07) is 14.7.